The zero-order chi connectivity index (χ0) is 13.7. The summed E-state index contributed by atoms with van der Waals surface area (Å²) in [6.07, 6.45) is 10.5. The summed E-state index contributed by atoms with van der Waals surface area (Å²) in [5, 5.41) is 3.70. The standard InChI is InChI=1S/C16H29NO2/c1-3-19-15(18)16(17-14-8-4-5-9-14)11-6-7-13(2)10-12-16/h13-14,17H,3-12H2,1-2H3. The van der Waals surface area contributed by atoms with Crippen LogP contribution in [0.25, 0.3) is 0 Å². The van der Waals surface area contributed by atoms with Gasteiger partial charge in [-0.25, -0.2) is 0 Å². The number of carbonyl (C=O) groups excluding carboxylic acids is 1. The van der Waals surface area contributed by atoms with E-state index in [0.29, 0.717) is 12.6 Å². The van der Waals surface area contributed by atoms with Crippen molar-refractivity contribution in [3.63, 3.8) is 0 Å². The molecule has 1 N–H and O–H groups in total. The summed E-state index contributed by atoms with van der Waals surface area (Å²) in [5.74, 6) is 0.734. The second kappa shape index (κ2) is 6.74. The molecule has 19 heavy (non-hydrogen) atoms. The van der Waals surface area contributed by atoms with Crippen molar-refractivity contribution in [2.24, 2.45) is 5.92 Å². The van der Waals surface area contributed by atoms with Crippen molar-refractivity contribution in [2.75, 3.05) is 6.61 Å². The van der Waals surface area contributed by atoms with Crippen LogP contribution >= 0.6 is 0 Å². The molecule has 0 radical (unpaired) electrons. The van der Waals surface area contributed by atoms with Crippen molar-refractivity contribution in [3.05, 3.63) is 0 Å². The van der Waals surface area contributed by atoms with Gasteiger partial charge in [0.05, 0.1) is 6.61 Å². The monoisotopic (exact) mass is 267 g/mol. The molecular weight excluding hydrogens is 238 g/mol. The first-order valence-electron chi connectivity index (χ1n) is 8.11. The molecule has 0 aromatic heterocycles. The second-order valence-electron chi connectivity index (χ2n) is 6.46. The molecule has 0 aliphatic heterocycles. The molecule has 2 atom stereocenters. The Morgan fingerprint density at radius 2 is 1.89 bits per heavy atom. The number of carbonyl (C=O) groups is 1. The van der Waals surface area contributed by atoms with Crippen LogP contribution in [0.5, 0.6) is 0 Å². The average Bonchev–Trinajstić information content (AvgIpc) is 2.81. The van der Waals surface area contributed by atoms with Gasteiger partial charge in [0.1, 0.15) is 5.54 Å². The fraction of sp³-hybridized carbons (Fsp3) is 0.938. The van der Waals surface area contributed by atoms with Crippen molar-refractivity contribution in [2.45, 2.75) is 83.2 Å². The van der Waals surface area contributed by atoms with E-state index < -0.39 is 5.54 Å². The van der Waals surface area contributed by atoms with Crippen LogP contribution in [0.2, 0.25) is 0 Å². The molecule has 2 aliphatic rings. The predicted octanol–water partition coefficient (Wildman–Crippen LogP) is 3.42. The zero-order valence-corrected chi connectivity index (χ0v) is 12.5. The highest BCUT2D eigenvalue weighted by molar-refractivity contribution is 5.81. The van der Waals surface area contributed by atoms with Gasteiger partial charge in [-0.1, -0.05) is 32.6 Å². The van der Waals surface area contributed by atoms with Crippen LogP contribution in [0.4, 0.5) is 0 Å². The first kappa shape index (κ1) is 14.8. The summed E-state index contributed by atoms with van der Waals surface area (Å²) in [4.78, 5) is 12.5. The maximum atomic E-state index is 12.5. The third kappa shape index (κ3) is 3.71. The van der Waals surface area contributed by atoms with Gasteiger partial charge in [-0.05, 0) is 44.9 Å². The maximum absolute atomic E-state index is 12.5. The van der Waals surface area contributed by atoms with E-state index in [9.17, 15) is 4.79 Å². The van der Waals surface area contributed by atoms with Crippen molar-refractivity contribution < 1.29 is 9.53 Å². The largest absolute Gasteiger partial charge is 0.465 e. The SMILES string of the molecule is CCOC(=O)C1(NC2CCCC2)CCCC(C)CC1. The van der Waals surface area contributed by atoms with E-state index in [1.807, 2.05) is 6.92 Å². The lowest BCUT2D eigenvalue weighted by Crippen LogP contribution is -2.56. The molecule has 0 aromatic rings. The van der Waals surface area contributed by atoms with Crippen LogP contribution < -0.4 is 5.32 Å². The number of hydrogen-bond donors (Lipinski definition) is 1. The molecule has 2 unspecified atom stereocenters. The van der Waals surface area contributed by atoms with Gasteiger partial charge >= 0.3 is 5.97 Å². The molecule has 3 nitrogen and oxygen atoms in total. The smallest absolute Gasteiger partial charge is 0.326 e. The molecular formula is C16H29NO2. The molecule has 0 heterocycles. The molecule has 0 aromatic carbocycles. The minimum absolute atomic E-state index is 0.00370. The minimum Gasteiger partial charge on any atom is -0.465 e. The van der Waals surface area contributed by atoms with E-state index in [4.69, 9.17) is 4.74 Å². The predicted molar refractivity (Wildman–Crippen MR) is 77.0 cm³/mol. The van der Waals surface area contributed by atoms with Crippen LogP contribution in [0.1, 0.15) is 71.6 Å². The van der Waals surface area contributed by atoms with E-state index in [0.717, 1.165) is 31.6 Å². The fourth-order valence-electron chi connectivity index (χ4n) is 3.65. The third-order valence-corrected chi connectivity index (χ3v) is 4.87. The Bertz CT molecular complexity index is 299. The average molecular weight is 267 g/mol. The van der Waals surface area contributed by atoms with E-state index in [1.54, 1.807) is 0 Å². The Labute approximate surface area is 117 Å². The summed E-state index contributed by atoms with van der Waals surface area (Å²) in [6.45, 7) is 4.69. The number of hydrogen-bond acceptors (Lipinski definition) is 3. The minimum atomic E-state index is -0.393. The van der Waals surface area contributed by atoms with Crippen molar-refractivity contribution in [3.8, 4) is 0 Å². The Hall–Kier alpha value is -0.570. The highest BCUT2D eigenvalue weighted by Crippen LogP contribution is 2.33. The molecule has 2 saturated carbocycles. The molecule has 0 amide bonds. The molecule has 0 bridgehead atoms. The lowest BCUT2D eigenvalue weighted by molar-refractivity contribution is -0.152. The Morgan fingerprint density at radius 1 is 1.16 bits per heavy atom. The molecule has 0 spiro atoms. The number of esters is 1. The van der Waals surface area contributed by atoms with Gasteiger partial charge in [-0.15, -0.1) is 0 Å². The number of nitrogens with one attached hydrogen (secondary N) is 1. The summed E-state index contributed by atoms with van der Waals surface area (Å²) in [5.41, 5.74) is -0.393. The molecule has 110 valence electrons. The van der Waals surface area contributed by atoms with Crippen molar-refractivity contribution in [1.82, 2.24) is 5.32 Å². The molecule has 2 rings (SSSR count). The van der Waals surface area contributed by atoms with E-state index >= 15 is 0 Å². The summed E-state index contributed by atoms with van der Waals surface area (Å²) in [6, 6.07) is 0.526. The first-order chi connectivity index (χ1) is 9.16. The summed E-state index contributed by atoms with van der Waals surface area (Å²) in [7, 11) is 0. The van der Waals surface area contributed by atoms with Crippen LogP contribution in [0.15, 0.2) is 0 Å². The Morgan fingerprint density at radius 3 is 2.58 bits per heavy atom. The molecule has 2 aliphatic carbocycles. The summed E-state index contributed by atoms with van der Waals surface area (Å²) >= 11 is 0. The van der Waals surface area contributed by atoms with Crippen molar-refractivity contribution in [1.29, 1.82) is 0 Å². The Kier molecular flexibility index (Phi) is 5.26. The first-order valence-corrected chi connectivity index (χ1v) is 8.11. The lowest BCUT2D eigenvalue weighted by Gasteiger charge is -2.34. The van der Waals surface area contributed by atoms with Crippen molar-refractivity contribution >= 4 is 5.97 Å². The highest BCUT2D eigenvalue weighted by atomic mass is 16.5. The van der Waals surface area contributed by atoms with Gasteiger partial charge in [0.15, 0.2) is 0 Å². The molecule has 3 heteroatoms. The maximum Gasteiger partial charge on any atom is 0.326 e. The quantitative estimate of drug-likeness (QED) is 0.626. The third-order valence-electron chi connectivity index (χ3n) is 4.87. The van der Waals surface area contributed by atoms with Gasteiger partial charge in [0.25, 0.3) is 0 Å². The van der Waals surface area contributed by atoms with E-state index in [1.165, 1.54) is 32.1 Å². The molecule has 2 fully saturated rings. The lowest BCUT2D eigenvalue weighted by atomic mass is 9.88. The van der Waals surface area contributed by atoms with Gasteiger partial charge in [0.2, 0.25) is 0 Å². The van der Waals surface area contributed by atoms with Crippen LogP contribution in [0.3, 0.4) is 0 Å². The van der Waals surface area contributed by atoms with Gasteiger partial charge in [0, 0.05) is 6.04 Å². The van der Waals surface area contributed by atoms with Gasteiger partial charge in [-0.2, -0.15) is 0 Å². The van der Waals surface area contributed by atoms with E-state index in [2.05, 4.69) is 12.2 Å². The van der Waals surface area contributed by atoms with Gasteiger partial charge < -0.3 is 4.74 Å². The Balaban J connectivity index is 2.08. The fourth-order valence-corrected chi connectivity index (χ4v) is 3.65. The number of rotatable bonds is 4. The highest BCUT2D eigenvalue weighted by Gasteiger charge is 2.42. The normalized spacial score (nSPS) is 33.1. The van der Waals surface area contributed by atoms with Crippen LogP contribution in [0, 0.1) is 5.92 Å². The summed E-state index contributed by atoms with van der Waals surface area (Å²) < 4.78 is 5.38. The molecule has 0 saturated heterocycles. The van der Waals surface area contributed by atoms with Crippen LogP contribution in [-0.2, 0) is 9.53 Å². The van der Waals surface area contributed by atoms with Gasteiger partial charge in [-0.3, -0.25) is 10.1 Å². The zero-order valence-electron chi connectivity index (χ0n) is 12.5. The number of ether oxygens (including phenoxy) is 1. The second-order valence-corrected chi connectivity index (χ2v) is 6.46. The van der Waals surface area contributed by atoms with Crippen LogP contribution in [-0.4, -0.2) is 24.2 Å². The van der Waals surface area contributed by atoms with E-state index in [-0.39, 0.29) is 5.97 Å². The topological polar surface area (TPSA) is 38.3 Å².